The van der Waals surface area contributed by atoms with Gasteiger partial charge in [-0.05, 0) is 46.3 Å². The molecule has 1 aliphatic rings. The van der Waals surface area contributed by atoms with Gasteiger partial charge in [0.25, 0.3) is 0 Å². The Kier molecular flexibility index (Phi) is 5.17. The Bertz CT molecular complexity index is 877. The first kappa shape index (κ1) is 17.4. The van der Waals surface area contributed by atoms with Gasteiger partial charge in [0.15, 0.2) is 5.82 Å². The van der Waals surface area contributed by atoms with Crippen LogP contribution in [0.4, 0.5) is 0 Å². The maximum Gasteiger partial charge on any atom is 0.178 e. The molecular formula is C18H17Cl2N5O. The third kappa shape index (κ3) is 3.59. The average Bonchev–Trinajstić information content (AvgIpc) is 3.14. The van der Waals surface area contributed by atoms with Crippen LogP contribution in [0, 0.1) is 0 Å². The minimum atomic E-state index is -0.106. The third-order valence-corrected chi connectivity index (χ3v) is 4.87. The highest BCUT2D eigenvalue weighted by Crippen LogP contribution is 2.30. The SMILES string of the molecule is Clc1ccc([C@H](c2nnnn2-c2cccc(Cl)c2)N2CCOCC2)cc1. The molecule has 0 unspecified atom stereocenters. The van der Waals surface area contributed by atoms with E-state index in [0.29, 0.717) is 23.3 Å². The van der Waals surface area contributed by atoms with Crippen molar-refractivity contribution < 1.29 is 4.74 Å². The van der Waals surface area contributed by atoms with Crippen LogP contribution in [0.15, 0.2) is 48.5 Å². The molecule has 0 amide bonds. The Hall–Kier alpha value is -1.99. The second-order valence-corrected chi connectivity index (χ2v) is 6.90. The zero-order valence-corrected chi connectivity index (χ0v) is 15.4. The summed E-state index contributed by atoms with van der Waals surface area (Å²) in [5, 5.41) is 13.8. The molecule has 0 N–H and O–H groups in total. The number of benzene rings is 2. The first-order valence-corrected chi connectivity index (χ1v) is 9.09. The van der Waals surface area contributed by atoms with E-state index in [1.54, 1.807) is 4.68 Å². The predicted molar refractivity (Wildman–Crippen MR) is 99.9 cm³/mol. The van der Waals surface area contributed by atoms with Crippen molar-refractivity contribution in [2.45, 2.75) is 6.04 Å². The first-order valence-electron chi connectivity index (χ1n) is 8.34. The van der Waals surface area contributed by atoms with E-state index in [2.05, 4.69) is 20.4 Å². The van der Waals surface area contributed by atoms with Gasteiger partial charge in [-0.25, -0.2) is 0 Å². The summed E-state index contributed by atoms with van der Waals surface area (Å²) in [4.78, 5) is 2.32. The second-order valence-electron chi connectivity index (χ2n) is 6.03. The quantitative estimate of drug-likeness (QED) is 0.684. The van der Waals surface area contributed by atoms with Gasteiger partial charge in [-0.15, -0.1) is 5.10 Å². The topological polar surface area (TPSA) is 56.1 Å². The number of hydrogen-bond donors (Lipinski definition) is 0. The Balaban J connectivity index is 1.79. The van der Waals surface area contributed by atoms with E-state index in [-0.39, 0.29) is 6.04 Å². The van der Waals surface area contributed by atoms with Crippen molar-refractivity contribution in [3.8, 4) is 5.69 Å². The highest BCUT2D eigenvalue weighted by molar-refractivity contribution is 6.30. The number of aromatic nitrogens is 4. The summed E-state index contributed by atoms with van der Waals surface area (Å²) in [7, 11) is 0. The lowest BCUT2D eigenvalue weighted by Crippen LogP contribution is -2.40. The van der Waals surface area contributed by atoms with Gasteiger partial charge < -0.3 is 4.74 Å². The van der Waals surface area contributed by atoms with Crippen LogP contribution < -0.4 is 0 Å². The second kappa shape index (κ2) is 7.72. The van der Waals surface area contributed by atoms with Crippen LogP contribution in [0.2, 0.25) is 10.0 Å². The molecule has 0 spiro atoms. The molecule has 6 nitrogen and oxygen atoms in total. The lowest BCUT2D eigenvalue weighted by atomic mass is 10.0. The van der Waals surface area contributed by atoms with Gasteiger partial charge in [-0.3, -0.25) is 4.90 Å². The number of morpholine rings is 1. The monoisotopic (exact) mass is 389 g/mol. The molecule has 134 valence electrons. The van der Waals surface area contributed by atoms with Crippen molar-refractivity contribution in [2.24, 2.45) is 0 Å². The largest absolute Gasteiger partial charge is 0.379 e. The van der Waals surface area contributed by atoms with Gasteiger partial charge in [0, 0.05) is 23.1 Å². The normalized spacial score (nSPS) is 16.5. The van der Waals surface area contributed by atoms with E-state index in [1.807, 2.05) is 48.5 Å². The van der Waals surface area contributed by atoms with Crippen LogP contribution in [0.3, 0.4) is 0 Å². The van der Waals surface area contributed by atoms with Crippen LogP contribution in [0.5, 0.6) is 0 Å². The smallest absolute Gasteiger partial charge is 0.178 e. The standard InChI is InChI=1S/C18H17Cl2N5O/c19-14-6-4-13(5-7-14)17(24-8-10-26-11-9-24)18-21-22-23-25(18)16-3-1-2-15(20)12-16/h1-7,12,17H,8-11H2/t17-/m1/s1. The molecular weight excluding hydrogens is 373 g/mol. The molecule has 1 aromatic heterocycles. The van der Waals surface area contributed by atoms with Gasteiger partial charge in [-0.2, -0.15) is 4.68 Å². The van der Waals surface area contributed by atoms with Crippen LogP contribution in [-0.4, -0.2) is 51.4 Å². The van der Waals surface area contributed by atoms with Crippen LogP contribution in [0.25, 0.3) is 5.69 Å². The van der Waals surface area contributed by atoms with Crippen LogP contribution >= 0.6 is 23.2 Å². The van der Waals surface area contributed by atoms with Crippen molar-refractivity contribution in [1.82, 2.24) is 25.1 Å². The van der Waals surface area contributed by atoms with Crippen molar-refractivity contribution in [3.63, 3.8) is 0 Å². The van der Waals surface area contributed by atoms with Crippen LogP contribution in [0.1, 0.15) is 17.4 Å². The number of ether oxygens (including phenoxy) is 1. The van der Waals surface area contributed by atoms with E-state index < -0.39 is 0 Å². The molecule has 2 heterocycles. The molecule has 1 fully saturated rings. The van der Waals surface area contributed by atoms with E-state index >= 15 is 0 Å². The maximum atomic E-state index is 6.15. The van der Waals surface area contributed by atoms with Gasteiger partial charge in [0.2, 0.25) is 0 Å². The fraction of sp³-hybridized carbons (Fsp3) is 0.278. The molecule has 1 atom stereocenters. The first-order chi connectivity index (χ1) is 12.7. The molecule has 1 saturated heterocycles. The minimum Gasteiger partial charge on any atom is -0.379 e. The highest BCUT2D eigenvalue weighted by atomic mass is 35.5. The molecule has 26 heavy (non-hydrogen) atoms. The number of nitrogens with zero attached hydrogens (tertiary/aromatic N) is 5. The molecule has 0 aliphatic carbocycles. The van der Waals surface area contributed by atoms with E-state index in [9.17, 15) is 0 Å². The van der Waals surface area contributed by atoms with Crippen molar-refractivity contribution in [1.29, 1.82) is 0 Å². The summed E-state index contributed by atoms with van der Waals surface area (Å²) in [6.45, 7) is 2.97. The fourth-order valence-corrected chi connectivity index (χ4v) is 3.47. The van der Waals surface area contributed by atoms with Crippen LogP contribution in [-0.2, 0) is 4.74 Å². The fourth-order valence-electron chi connectivity index (χ4n) is 3.16. The lowest BCUT2D eigenvalue weighted by Gasteiger charge is -2.33. The van der Waals surface area contributed by atoms with Gasteiger partial charge in [-0.1, -0.05) is 41.4 Å². The van der Waals surface area contributed by atoms with Gasteiger partial charge in [0.05, 0.1) is 24.9 Å². The van der Waals surface area contributed by atoms with E-state index in [1.165, 1.54) is 0 Å². The molecule has 0 bridgehead atoms. The average molecular weight is 390 g/mol. The zero-order valence-electron chi connectivity index (χ0n) is 13.9. The van der Waals surface area contributed by atoms with Crippen molar-refractivity contribution >= 4 is 23.2 Å². The third-order valence-electron chi connectivity index (χ3n) is 4.39. The maximum absolute atomic E-state index is 6.15. The Morgan fingerprint density at radius 2 is 1.73 bits per heavy atom. The summed E-state index contributed by atoms with van der Waals surface area (Å²) in [6, 6.07) is 15.2. The zero-order chi connectivity index (χ0) is 17.9. The molecule has 1 aliphatic heterocycles. The molecule has 4 rings (SSSR count). The molecule has 0 saturated carbocycles. The van der Waals surface area contributed by atoms with Gasteiger partial charge in [0.1, 0.15) is 0 Å². The summed E-state index contributed by atoms with van der Waals surface area (Å²) in [5.41, 5.74) is 1.90. The Morgan fingerprint density at radius 1 is 0.962 bits per heavy atom. The van der Waals surface area contributed by atoms with E-state index in [0.717, 1.165) is 30.2 Å². The van der Waals surface area contributed by atoms with Crippen molar-refractivity contribution in [3.05, 3.63) is 70.0 Å². The molecule has 8 heteroatoms. The minimum absolute atomic E-state index is 0.106. The summed E-state index contributed by atoms with van der Waals surface area (Å²) in [6.07, 6.45) is 0. The Labute approximate surface area is 161 Å². The lowest BCUT2D eigenvalue weighted by molar-refractivity contribution is 0.0220. The molecule has 0 radical (unpaired) electrons. The molecule has 3 aromatic rings. The van der Waals surface area contributed by atoms with Crippen molar-refractivity contribution in [2.75, 3.05) is 26.3 Å². The number of halogens is 2. The number of rotatable bonds is 4. The summed E-state index contributed by atoms with van der Waals surface area (Å²) >= 11 is 12.2. The Morgan fingerprint density at radius 3 is 2.46 bits per heavy atom. The predicted octanol–water partition coefficient (Wildman–Crippen LogP) is 3.39. The summed E-state index contributed by atoms with van der Waals surface area (Å²) < 4.78 is 7.25. The summed E-state index contributed by atoms with van der Waals surface area (Å²) in [5.74, 6) is 0.733. The molecule has 2 aromatic carbocycles. The van der Waals surface area contributed by atoms with E-state index in [4.69, 9.17) is 27.9 Å². The van der Waals surface area contributed by atoms with Gasteiger partial charge >= 0.3 is 0 Å². The number of hydrogen-bond acceptors (Lipinski definition) is 5. The number of tetrazole rings is 1. The highest BCUT2D eigenvalue weighted by Gasteiger charge is 2.29.